The molecule has 0 radical (unpaired) electrons. The molecule has 2 heterocycles. The largest absolute Gasteiger partial charge is 0.497 e. The van der Waals surface area contributed by atoms with E-state index in [1.54, 1.807) is 50.4 Å². The lowest BCUT2D eigenvalue weighted by Crippen LogP contribution is -2.56. The molecule has 4 rings (SSSR count). The summed E-state index contributed by atoms with van der Waals surface area (Å²) in [7, 11) is 1.56. The average molecular weight is 539 g/mol. The fourth-order valence-corrected chi connectivity index (χ4v) is 5.21. The summed E-state index contributed by atoms with van der Waals surface area (Å²) in [6.45, 7) is 7.88. The van der Waals surface area contributed by atoms with Crippen LogP contribution in [0.15, 0.2) is 59.8 Å². The quantitative estimate of drug-likeness (QED) is 0.517. The molecule has 0 aliphatic carbocycles. The molecular formula is C29H35FN4O5. The van der Waals surface area contributed by atoms with Gasteiger partial charge < -0.3 is 19.7 Å². The number of likely N-dealkylation sites (N-methyl/N-ethyl adjacent to an activating group) is 1. The molecule has 1 saturated heterocycles. The van der Waals surface area contributed by atoms with Crippen LogP contribution in [0.25, 0.3) is 0 Å². The van der Waals surface area contributed by atoms with Gasteiger partial charge >= 0.3 is 12.0 Å². The third-order valence-electron chi connectivity index (χ3n) is 7.09. The third kappa shape index (κ3) is 6.06. The van der Waals surface area contributed by atoms with E-state index in [4.69, 9.17) is 9.47 Å². The van der Waals surface area contributed by atoms with E-state index in [0.717, 1.165) is 0 Å². The van der Waals surface area contributed by atoms with Crippen molar-refractivity contribution in [3.8, 4) is 5.75 Å². The van der Waals surface area contributed by atoms with Gasteiger partial charge in [0.1, 0.15) is 11.6 Å². The Bertz CT molecular complexity index is 1270. The minimum absolute atomic E-state index is 0.0779. The molecule has 10 heteroatoms. The number of benzene rings is 2. The molecule has 1 fully saturated rings. The summed E-state index contributed by atoms with van der Waals surface area (Å²) >= 11 is 0. The van der Waals surface area contributed by atoms with Gasteiger partial charge in [0.2, 0.25) is 0 Å². The summed E-state index contributed by atoms with van der Waals surface area (Å²) in [5, 5.41) is 2.86. The minimum atomic E-state index is -0.849. The lowest BCUT2D eigenvalue weighted by Gasteiger charge is -2.43. The van der Waals surface area contributed by atoms with E-state index >= 15 is 0 Å². The number of hydrogen-bond acceptors (Lipinski definition) is 6. The number of piperazine rings is 1. The van der Waals surface area contributed by atoms with E-state index < -0.39 is 17.8 Å². The fraction of sp³-hybridized carbons (Fsp3) is 0.414. The molecule has 9 nitrogen and oxygen atoms in total. The van der Waals surface area contributed by atoms with Gasteiger partial charge in [-0.2, -0.15) is 0 Å². The average Bonchev–Trinajstić information content (AvgIpc) is 2.92. The number of hydrogen-bond donors (Lipinski definition) is 1. The maximum Gasteiger partial charge on any atom is 0.338 e. The van der Waals surface area contributed by atoms with Crippen molar-refractivity contribution in [2.24, 2.45) is 0 Å². The Labute approximate surface area is 228 Å². The van der Waals surface area contributed by atoms with Gasteiger partial charge in [-0.15, -0.1) is 0 Å². The summed E-state index contributed by atoms with van der Waals surface area (Å²) in [5.74, 6) is -0.477. The van der Waals surface area contributed by atoms with Crippen LogP contribution in [0.2, 0.25) is 0 Å². The number of nitrogens with zero attached hydrogens (tertiary/aromatic N) is 3. The second-order valence-electron chi connectivity index (χ2n) is 9.58. The van der Waals surface area contributed by atoms with Gasteiger partial charge in [-0.05, 0) is 56.7 Å². The maximum atomic E-state index is 14.1. The van der Waals surface area contributed by atoms with Crippen molar-refractivity contribution in [2.75, 3.05) is 46.4 Å². The molecular weight excluding hydrogens is 503 g/mol. The van der Waals surface area contributed by atoms with Crippen LogP contribution >= 0.6 is 0 Å². The highest BCUT2D eigenvalue weighted by Gasteiger charge is 2.39. The summed E-state index contributed by atoms with van der Waals surface area (Å²) < 4.78 is 24.8. The van der Waals surface area contributed by atoms with Crippen LogP contribution in [0.1, 0.15) is 42.7 Å². The normalized spacial score (nSPS) is 20.1. The van der Waals surface area contributed by atoms with Crippen molar-refractivity contribution < 1.29 is 28.2 Å². The van der Waals surface area contributed by atoms with Crippen molar-refractivity contribution in [1.29, 1.82) is 0 Å². The lowest BCUT2D eigenvalue weighted by atomic mass is 9.94. The van der Waals surface area contributed by atoms with Gasteiger partial charge in [0.25, 0.3) is 5.91 Å². The molecule has 2 aromatic carbocycles. The van der Waals surface area contributed by atoms with E-state index in [1.807, 2.05) is 18.7 Å². The van der Waals surface area contributed by atoms with Gasteiger partial charge in [-0.1, -0.05) is 18.2 Å². The topological polar surface area (TPSA) is 91.4 Å². The molecule has 0 aromatic heterocycles. The predicted octanol–water partition coefficient (Wildman–Crippen LogP) is 3.58. The lowest BCUT2D eigenvalue weighted by molar-refractivity contribution is -0.139. The highest BCUT2D eigenvalue weighted by molar-refractivity contribution is 5.96. The van der Waals surface area contributed by atoms with Crippen LogP contribution in [0.5, 0.6) is 5.75 Å². The fourth-order valence-electron chi connectivity index (χ4n) is 5.21. The SMILES string of the molecule is CCOC(=O)C1=C(CN2CCN(C(=O)c3cccc(OC)c3)[C@@H](C)C2)N(CC)C(=O)N[C@H]1c1cccc(F)c1. The molecule has 3 amide bonds. The number of rotatable bonds is 8. The van der Waals surface area contributed by atoms with Crippen molar-refractivity contribution in [2.45, 2.75) is 32.9 Å². The number of halogens is 1. The molecule has 39 heavy (non-hydrogen) atoms. The Hall–Kier alpha value is -3.92. The second kappa shape index (κ2) is 12.3. The third-order valence-corrected chi connectivity index (χ3v) is 7.09. The van der Waals surface area contributed by atoms with Crippen LogP contribution in [-0.2, 0) is 9.53 Å². The first-order valence-electron chi connectivity index (χ1n) is 13.2. The molecule has 2 aliphatic rings. The number of ether oxygens (including phenoxy) is 2. The first-order chi connectivity index (χ1) is 18.8. The van der Waals surface area contributed by atoms with E-state index in [0.29, 0.717) is 55.3 Å². The summed E-state index contributed by atoms with van der Waals surface area (Å²) in [6.07, 6.45) is 0. The zero-order valence-corrected chi connectivity index (χ0v) is 22.8. The summed E-state index contributed by atoms with van der Waals surface area (Å²) in [6, 6.07) is 11.6. The smallest absolute Gasteiger partial charge is 0.338 e. The first-order valence-corrected chi connectivity index (χ1v) is 13.2. The Morgan fingerprint density at radius 2 is 1.87 bits per heavy atom. The van der Waals surface area contributed by atoms with Crippen molar-refractivity contribution >= 4 is 17.9 Å². The highest BCUT2D eigenvalue weighted by atomic mass is 19.1. The number of carbonyl (C=O) groups excluding carboxylic acids is 3. The van der Waals surface area contributed by atoms with E-state index in [-0.39, 0.29) is 30.2 Å². The zero-order valence-electron chi connectivity index (χ0n) is 22.8. The molecule has 1 N–H and O–H groups in total. The van der Waals surface area contributed by atoms with Crippen molar-refractivity contribution in [3.63, 3.8) is 0 Å². The Morgan fingerprint density at radius 3 is 2.54 bits per heavy atom. The number of amides is 3. The summed E-state index contributed by atoms with van der Waals surface area (Å²) in [4.78, 5) is 45.1. The maximum absolute atomic E-state index is 14.1. The standard InChI is InChI=1S/C29H35FN4O5/c1-5-33-24(25(28(36)39-6-2)26(31-29(33)37)20-9-7-11-22(30)15-20)18-32-13-14-34(19(3)17-32)27(35)21-10-8-12-23(16-21)38-4/h7-12,15-16,19,26H,5-6,13-14,17-18H2,1-4H3,(H,31,37)/t19-,26-/m0/s1. The molecule has 0 spiro atoms. The van der Waals surface area contributed by atoms with Crippen LogP contribution in [0, 0.1) is 5.82 Å². The first kappa shape index (κ1) is 28.1. The monoisotopic (exact) mass is 538 g/mol. The van der Waals surface area contributed by atoms with E-state index in [1.165, 1.54) is 17.0 Å². The van der Waals surface area contributed by atoms with Gasteiger partial charge in [0.05, 0.1) is 25.3 Å². The van der Waals surface area contributed by atoms with E-state index in [9.17, 15) is 18.8 Å². The number of esters is 1. The molecule has 2 aromatic rings. The number of nitrogens with one attached hydrogen (secondary N) is 1. The summed E-state index contributed by atoms with van der Waals surface area (Å²) in [5.41, 5.74) is 1.82. The second-order valence-corrected chi connectivity index (χ2v) is 9.58. The molecule has 0 unspecified atom stereocenters. The molecule has 0 saturated carbocycles. The van der Waals surface area contributed by atoms with E-state index in [2.05, 4.69) is 10.2 Å². The highest BCUT2D eigenvalue weighted by Crippen LogP contribution is 2.33. The van der Waals surface area contributed by atoms with Gasteiger partial charge in [0.15, 0.2) is 0 Å². The predicted molar refractivity (Wildman–Crippen MR) is 144 cm³/mol. The number of urea groups is 1. The van der Waals surface area contributed by atoms with Gasteiger partial charge in [-0.25, -0.2) is 14.0 Å². The number of methoxy groups -OCH3 is 1. The number of carbonyl (C=O) groups is 3. The Kier molecular flexibility index (Phi) is 8.86. The molecule has 2 aliphatic heterocycles. The Balaban J connectivity index is 1.62. The van der Waals surface area contributed by atoms with Gasteiger partial charge in [0, 0.05) is 50.0 Å². The van der Waals surface area contributed by atoms with Crippen LogP contribution in [0.4, 0.5) is 9.18 Å². The van der Waals surface area contributed by atoms with Crippen LogP contribution in [-0.4, -0.2) is 85.1 Å². The minimum Gasteiger partial charge on any atom is -0.497 e. The Morgan fingerprint density at radius 1 is 1.10 bits per heavy atom. The zero-order chi connectivity index (χ0) is 28.1. The molecule has 2 atom stereocenters. The molecule has 208 valence electrons. The van der Waals surface area contributed by atoms with Gasteiger partial charge in [-0.3, -0.25) is 14.6 Å². The van der Waals surface area contributed by atoms with Crippen molar-refractivity contribution in [1.82, 2.24) is 20.0 Å². The van der Waals surface area contributed by atoms with Crippen LogP contribution in [0.3, 0.4) is 0 Å². The van der Waals surface area contributed by atoms with Crippen LogP contribution < -0.4 is 10.1 Å². The molecule has 0 bridgehead atoms. The van der Waals surface area contributed by atoms with Crippen molar-refractivity contribution in [3.05, 3.63) is 76.7 Å².